The molecule has 0 saturated carbocycles. The van der Waals surface area contributed by atoms with Crippen LogP contribution in [0.4, 0.5) is 22.0 Å². The van der Waals surface area contributed by atoms with Gasteiger partial charge in [0.25, 0.3) is 0 Å². The zero-order valence-electron chi connectivity index (χ0n) is 9.89. The van der Waals surface area contributed by atoms with Gasteiger partial charge in [0.2, 0.25) is 0 Å². The SMILES string of the molecule is Fc1ccc(C(Cl)c2cccc(C(F)(F)F)c2)c(F)c1. The second-order valence-corrected chi connectivity index (χ2v) is 4.59. The standard InChI is InChI=1S/C14H8ClF5/c15-13(11-5-4-10(16)7-12(11)17)8-2-1-3-9(6-8)14(18,19)20/h1-7,13H. The fourth-order valence-corrected chi connectivity index (χ4v) is 2.07. The van der Waals surface area contributed by atoms with Crippen molar-refractivity contribution in [3.05, 3.63) is 70.8 Å². The molecule has 0 nitrogen and oxygen atoms in total. The Labute approximate surface area is 116 Å². The van der Waals surface area contributed by atoms with Crippen LogP contribution in [0.25, 0.3) is 0 Å². The molecule has 0 aromatic heterocycles. The van der Waals surface area contributed by atoms with Gasteiger partial charge in [-0.25, -0.2) is 8.78 Å². The predicted octanol–water partition coefficient (Wildman–Crippen LogP) is 5.31. The summed E-state index contributed by atoms with van der Waals surface area (Å²) in [5.74, 6) is -1.68. The third-order valence-electron chi connectivity index (χ3n) is 2.74. The summed E-state index contributed by atoms with van der Waals surface area (Å²) in [7, 11) is 0. The maximum atomic E-state index is 13.6. The van der Waals surface area contributed by atoms with E-state index < -0.39 is 28.8 Å². The van der Waals surface area contributed by atoms with Crippen LogP contribution in [0.5, 0.6) is 0 Å². The summed E-state index contributed by atoms with van der Waals surface area (Å²) in [4.78, 5) is 0. The average Bonchev–Trinajstić information content (AvgIpc) is 2.37. The van der Waals surface area contributed by atoms with E-state index in [2.05, 4.69) is 0 Å². The van der Waals surface area contributed by atoms with Crippen LogP contribution >= 0.6 is 11.6 Å². The Balaban J connectivity index is 2.41. The van der Waals surface area contributed by atoms with E-state index in [1.54, 1.807) is 0 Å². The largest absolute Gasteiger partial charge is 0.416 e. The average molecular weight is 307 g/mol. The van der Waals surface area contributed by atoms with Gasteiger partial charge in [0.15, 0.2) is 0 Å². The molecule has 2 aromatic rings. The molecular formula is C14H8ClF5. The fraction of sp³-hybridized carbons (Fsp3) is 0.143. The number of alkyl halides is 4. The number of benzene rings is 2. The van der Waals surface area contributed by atoms with Crippen molar-refractivity contribution >= 4 is 11.6 Å². The molecular weight excluding hydrogens is 299 g/mol. The van der Waals surface area contributed by atoms with Gasteiger partial charge in [-0.2, -0.15) is 13.2 Å². The highest BCUT2D eigenvalue weighted by Gasteiger charge is 2.31. The first-order chi connectivity index (χ1) is 9.29. The van der Waals surface area contributed by atoms with Crippen LogP contribution in [0.3, 0.4) is 0 Å². The van der Waals surface area contributed by atoms with Crippen LogP contribution in [0.2, 0.25) is 0 Å². The molecule has 0 fully saturated rings. The highest BCUT2D eigenvalue weighted by Crippen LogP contribution is 2.35. The molecule has 106 valence electrons. The lowest BCUT2D eigenvalue weighted by atomic mass is 10.0. The third kappa shape index (κ3) is 3.10. The molecule has 0 heterocycles. The molecule has 2 aromatic carbocycles. The molecule has 0 aliphatic heterocycles. The molecule has 0 bridgehead atoms. The molecule has 6 heteroatoms. The van der Waals surface area contributed by atoms with Crippen molar-refractivity contribution in [1.82, 2.24) is 0 Å². The minimum atomic E-state index is -4.51. The topological polar surface area (TPSA) is 0 Å². The fourth-order valence-electron chi connectivity index (χ4n) is 1.76. The van der Waals surface area contributed by atoms with Gasteiger partial charge in [-0.05, 0) is 23.8 Å². The Bertz CT molecular complexity index is 621. The summed E-state index contributed by atoms with van der Waals surface area (Å²) >= 11 is 5.98. The first kappa shape index (κ1) is 14.8. The van der Waals surface area contributed by atoms with E-state index in [-0.39, 0.29) is 11.1 Å². The molecule has 1 unspecified atom stereocenters. The van der Waals surface area contributed by atoms with E-state index in [0.717, 1.165) is 24.3 Å². The molecule has 0 aliphatic rings. The van der Waals surface area contributed by atoms with E-state index in [0.29, 0.717) is 6.07 Å². The van der Waals surface area contributed by atoms with Crippen molar-refractivity contribution in [2.24, 2.45) is 0 Å². The Kier molecular flexibility index (Phi) is 3.99. The van der Waals surface area contributed by atoms with Crippen LogP contribution in [-0.4, -0.2) is 0 Å². The van der Waals surface area contributed by atoms with Gasteiger partial charge < -0.3 is 0 Å². The zero-order valence-corrected chi connectivity index (χ0v) is 10.6. The Morgan fingerprint density at radius 3 is 2.25 bits per heavy atom. The van der Waals surface area contributed by atoms with Gasteiger partial charge in [0, 0.05) is 11.6 Å². The third-order valence-corrected chi connectivity index (χ3v) is 3.23. The van der Waals surface area contributed by atoms with Crippen molar-refractivity contribution < 1.29 is 22.0 Å². The molecule has 0 N–H and O–H groups in total. The lowest BCUT2D eigenvalue weighted by molar-refractivity contribution is -0.137. The van der Waals surface area contributed by atoms with Crippen LogP contribution in [0, 0.1) is 11.6 Å². The van der Waals surface area contributed by atoms with Crippen LogP contribution in [0.1, 0.15) is 22.1 Å². The number of hydrogen-bond acceptors (Lipinski definition) is 0. The van der Waals surface area contributed by atoms with Gasteiger partial charge in [-0.3, -0.25) is 0 Å². The predicted molar refractivity (Wildman–Crippen MR) is 65.5 cm³/mol. The maximum Gasteiger partial charge on any atom is 0.416 e. The van der Waals surface area contributed by atoms with Crippen molar-refractivity contribution in [3.8, 4) is 0 Å². The van der Waals surface area contributed by atoms with Crippen molar-refractivity contribution in [2.75, 3.05) is 0 Å². The normalized spacial score (nSPS) is 13.3. The maximum absolute atomic E-state index is 13.6. The monoisotopic (exact) mass is 306 g/mol. The van der Waals surface area contributed by atoms with Crippen LogP contribution < -0.4 is 0 Å². The van der Waals surface area contributed by atoms with E-state index in [9.17, 15) is 22.0 Å². The summed E-state index contributed by atoms with van der Waals surface area (Å²) in [5, 5.41) is -1.13. The van der Waals surface area contributed by atoms with Crippen molar-refractivity contribution in [2.45, 2.75) is 11.6 Å². The van der Waals surface area contributed by atoms with Gasteiger partial charge in [0.05, 0.1) is 10.9 Å². The smallest absolute Gasteiger partial charge is 0.207 e. The number of halogens is 6. The summed E-state index contributed by atoms with van der Waals surface area (Å²) in [6.45, 7) is 0. The molecule has 0 spiro atoms. The highest BCUT2D eigenvalue weighted by atomic mass is 35.5. The van der Waals surface area contributed by atoms with E-state index in [1.165, 1.54) is 12.1 Å². The second kappa shape index (κ2) is 5.40. The van der Waals surface area contributed by atoms with Gasteiger partial charge in [0.1, 0.15) is 11.6 Å². The lowest BCUT2D eigenvalue weighted by Gasteiger charge is -2.14. The Morgan fingerprint density at radius 1 is 0.950 bits per heavy atom. The molecule has 0 aliphatic carbocycles. The summed E-state index contributed by atoms with van der Waals surface area (Å²) in [6, 6.07) is 7.04. The van der Waals surface area contributed by atoms with Gasteiger partial charge >= 0.3 is 6.18 Å². The quantitative estimate of drug-likeness (QED) is 0.521. The molecule has 0 radical (unpaired) electrons. The second-order valence-electron chi connectivity index (χ2n) is 4.15. The Morgan fingerprint density at radius 2 is 1.65 bits per heavy atom. The first-order valence-electron chi connectivity index (χ1n) is 5.55. The molecule has 1 atom stereocenters. The van der Waals surface area contributed by atoms with Gasteiger partial charge in [-0.15, -0.1) is 11.6 Å². The van der Waals surface area contributed by atoms with E-state index >= 15 is 0 Å². The van der Waals surface area contributed by atoms with E-state index in [1.807, 2.05) is 0 Å². The molecule has 0 amide bonds. The minimum absolute atomic E-state index is 0.0765. The molecule has 20 heavy (non-hydrogen) atoms. The first-order valence-corrected chi connectivity index (χ1v) is 5.99. The Hall–Kier alpha value is -1.62. The molecule has 0 saturated heterocycles. The number of hydrogen-bond donors (Lipinski definition) is 0. The van der Waals surface area contributed by atoms with E-state index in [4.69, 9.17) is 11.6 Å². The van der Waals surface area contributed by atoms with Crippen LogP contribution in [-0.2, 0) is 6.18 Å². The minimum Gasteiger partial charge on any atom is -0.207 e. The highest BCUT2D eigenvalue weighted by molar-refractivity contribution is 6.22. The zero-order chi connectivity index (χ0) is 14.9. The lowest BCUT2D eigenvalue weighted by Crippen LogP contribution is -2.06. The van der Waals surface area contributed by atoms with Crippen molar-refractivity contribution in [3.63, 3.8) is 0 Å². The number of rotatable bonds is 2. The molecule has 2 rings (SSSR count). The summed E-state index contributed by atoms with van der Waals surface area (Å²) in [5.41, 5.74) is -0.859. The van der Waals surface area contributed by atoms with Gasteiger partial charge in [-0.1, -0.05) is 18.2 Å². The summed E-state index contributed by atoms with van der Waals surface area (Å²) < 4.78 is 64.2. The summed E-state index contributed by atoms with van der Waals surface area (Å²) in [6.07, 6.45) is -4.51. The van der Waals surface area contributed by atoms with Crippen LogP contribution in [0.15, 0.2) is 42.5 Å². The van der Waals surface area contributed by atoms with Crippen molar-refractivity contribution in [1.29, 1.82) is 0 Å².